The number of hydrogen-bond donors (Lipinski definition) is 1. The van der Waals surface area contributed by atoms with Crippen LogP contribution >= 0.6 is 11.6 Å². The van der Waals surface area contributed by atoms with Crippen molar-refractivity contribution >= 4 is 11.6 Å². The molecule has 0 saturated heterocycles. The highest BCUT2D eigenvalue weighted by Gasteiger charge is 2.36. The molecule has 1 nitrogen and oxygen atoms in total. The zero-order valence-corrected chi connectivity index (χ0v) is 9.06. The lowest BCUT2D eigenvalue weighted by Gasteiger charge is -2.16. The molecule has 0 fully saturated rings. The minimum atomic E-state index is -4.55. The molecule has 0 saturated carbocycles. The van der Waals surface area contributed by atoms with Gasteiger partial charge in [-0.1, -0.05) is 18.2 Å². The second-order valence-electron chi connectivity index (χ2n) is 3.46. The average Bonchev–Trinajstić information content (AvgIpc) is 2.15. The molecular formula is C10H8ClF5O. The summed E-state index contributed by atoms with van der Waals surface area (Å²) in [6.45, 7) is 0. The molecule has 17 heavy (non-hydrogen) atoms. The Hall–Kier alpha value is -0.880. The first-order valence-corrected chi connectivity index (χ1v) is 4.89. The van der Waals surface area contributed by atoms with Gasteiger partial charge >= 0.3 is 11.6 Å². The zero-order chi connectivity index (χ0) is 13.3. The van der Waals surface area contributed by atoms with Gasteiger partial charge in [-0.25, -0.2) is 0 Å². The van der Waals surface area contributed by atoms with Crippen molar-refractivity contribution in [3.8, 4) is 0 Å². The van der Waals surface area contributed by atoms with Crippen molar-refractivity contribution in [1.29, 1.82) is 0 Å². The molecule has 1 aromatic carbocycles. The molecule has 0 radical (unpaired) electrons. The number of aliphatic hydroxyl groups excluding tert-OH is 1. The highest BCUT2D eigenvalue weighted by molar-refractivity contribution is 6.22. The molecule has 1 aromatic rings. The van der Waals surface area contributed by atoms with Crippen LogP contribution in [0.4, 0.5) is 22.0 Å². The van der Waals surface area contributed by atoms with E-state index in [0.717, 1.165) is 12.1 Å². The summed E-state index contributed by atoms with van der Waals surface area (Å²) in [5.41, 5.74) is -1.02. The minimum absolute atomic E-state index is 0.0624. The predicted molar refractivity (Wildman–Crippen MR) is 52.0 cm³/mol. The van der Waals surface area contributed by atoms with Crippen LogP contribution in [0.15, 0.2) is 24.3 Å². The summed E-state index contributed by atoms with van der Waals surface area (Å²) in [5, 5.41) is 5.10. The van der Waals surface area contributed by atoms with Crippen LogP contribution in [-0.4, -0.2) is 16.6 Å². The summed E-state index contributed by atoms with van der Waals surface area (Å²) >= 11 is 4.56. The first-order valence-electron chi connectivity index (χ1n) is 4.51. The SMILES string of the molecule is OC(Cc1cccc(C(F)(F)F)c1)C(F)(F)Cl. The summed E-state index contributed by atoms with van der Waals surface area (Å²) in [6.07, 6.45) is -7.43. The van der Waals surface area contributed by atoms with Crippen molar-refractivity contribution in [3.05, 3.63) is 35.4 Å². The van der Waals surface area contributed by atoms with Crippen LogP contribution in [0, 0.1) is 0 Å². The number of aliphatic hydroxyl groups is 1. The van der Waals surface area contributed by atoms with Crippen LogP contribution in [0.3, 0.4) is 0 Å². The van der Waals surface area contributed by atoms with E-state index in [-0.39, 0.29) is 5.56 Å². The van der Waals surface area contributed by atoms with Gasteiger partial charge in [-0.3, -0.25) is 0 Å². The molecule has 0 heterocycles. The fourth-order valence-electron chi connectivity index (χ4n) is 1.21. The van der Waals surface area contributed by atoms with E-state index in [4.69, 9.17) is 5.11 Å². The third-order valence-electron chi connectivity index (χ3n) is 2.06. The van der Waals surface area contributed by atoms with E-state index in [1.165, 1.54) is 6.07 Å². The van der Waals surface area contributed by atoms with Gasteiger partial charge in [0.2, 0.25) is 0 Å². The summed E-state index contributed by atoms with van der Waals surface area (Å²) in [4.78, 5) is 0. The maximum absolute atomic E-state index is 12.4. The smallest absolute Gasteiger partial charge is 0.385 e. The van der Waals surface area contributed by atoms with Crippen molar-refractivity contribution in [2.45, 2.75) is 24.1 Å². The standard InChI is InChI=1S/C10H8ClF5O/c11-9(12,13)8(17)5-6-2-1-3-7(4-6)10(14,15)16/h1-4,8,17H,5H2. The molecule has 1 atom stereocenters. The van der Waals surface area contributed by atoms with Crippen molar-refractivity contribution in [2.75, 3.05) is 0 Å². The van der Waals surface area contributed by atoms with Crippen molar-refractivity contribution in [1.82, 2.24) is 0 Å². The third kappa shape index (κ3) is 4.12. The second-order valence-corrected chi connectivity index (χ2v) is 3.96. The Balaban J connectivity index is 2.87. The van der Waals surface area contributed by atoms with Crippen LogP contribution in [0.2, 0.25) is 0 Å². The Morgan fingerprint density at radius 2 is 1.76 bits per heavy atom. The Bertz CT molecular complexity index is 385. The Kier molecular flexibility index (Phi) is 3.99. The predicted octanol–water partition coefficient (Wildman–Crippen LogP) is 3.44. The lowest BCUT2D eigenvalue weighted by atomic mass is 10.0. The largest absolute Gasteiger partial charge is 0.416 e. The number of hydrogen-bond acceptors (Lipinski definition) is 1. The van der Waals surface area contributed by atoms with Gasteiger partial charge in [0, 0.05) is 6.42 Å². The molecular weight excluding hydrogens is 267 g/mol. The summed E-state index contributed by atoms with van der Waals surface area (Å²) < 4.78 is 61.8. The molecule has 0 aliphatic rings. The molecule has 0 aliphatic carbocycles. The van der Waals surface area contributed by atoms with Crippen LogP contribution in [0.1, 0.15) is 11.1 Å². The van der Waals surface area contributed by atoms with Crippen LogP contribution < -0.4 is 0 Å². The van der Waals surface area contributed by atoms with E-state index >= 15 is 0 Å². The monoisotopic (exact) mass is 274 g/mol. The average molecular weight is 275 g/mol. The lowest BCUT2D eigenvalue weighted by molar-refractivity contribution is -0.137. The summed E-state index contributed by atoms with van der Waals surface area (Å²) in [7, 11) is 0. The molecule has 0 bridgehead atoms. The van der Waals surface area contributed by atoms with Gasteiger partial charge in [0.15, 0.2) is 0 Å². The van der Waals surface area contributed by atoms with E-state index < -0.39 is 29.6 Å². The fraction of sp³-hybridized carbons (Fsp3) is 0.400. The second kappa shape index (κ2) is 4.78. The lowest BCUT2D eigenvalue weighted by Crippen LogP contribution is -2.29. The minimum Gasteiger partial charge on any atom is -0.385 e. The molecule has 0 amide bonds. The van der Waals surface area contributed by atoms with Crippen molar-refractivity contribution < 1.29 is 27.1 Å². The van der Waals surface area contributed by atoms with E-state index in [0.29, 0.717) is 6.07 Å². The summed E-state index contributed by atoms with van der Waals surface area (Å²) in [5.74, 6) is 0. The van der Waals surface area contributed by atoms with E-state index in [1.807, 2.05) is 0 Å². The van der Waals surface area contributed by atoms with Gasteiger partial charge in [0.1, 0.15) is 6.10 Å². The number of rotatable bonds is 3. The Morgan fingerprint density at radius 3 is 2.24 bits per heavy atom. The van der Waals surface area contributed by atoms with Crippen LogP contribution in [0.5, 0.6) is 0 Å². The quantitative estimate of drug-likeness (QED) is 0.661. The zero-order valence-electron chi connectivity index (χ0n) is 8.31. The van der Waals surface area contributed by atoms with Gasteiger partial charge in [0.05, 0.1) is 5.56 Å². The Labute approximate surface area is 98.8 Å². The van der Waals surface area contributed by atoms with Gasteiger partial charge in [-0.2, -0.15) is 22.0 Å². The van der Waals surface area contributed by atoms with Crippen LogP contribution in [-0.2, 0) is 12.6 Å². The van der Waals surface area contributed by atoms with Crippen LogP contribution in [0.25, 0.3) is 0 Å². The molecule has 0 spiro atoms. The summed E-state index contributed by atoms with van der Waals surface area (Å²) in [6, 6.07) is 3.80. The number of benzene rings is 1. The normalized spacial score (nSPS) is 14.8. The van der Waals surface area contributed by atoms with Gasteiger partial charge in [-0.05, 0) is 23.2 Å². The molecule has 7 heteroatoms. The van der Waals surface area contributed by atoms with Crippen molar-refractivity contribution in [3.63, 3.8) is 0 Å². The molecule has 1 rings (SSSR count). The van der Waals surface area contributed by atoms with E-state index in [1.54, 1.807) is 0 Å². The number of halogens is 6. The van der Waals surface area contributed by atoms with Gasteiger partial charge in [-0.15, -0.1) is 0 Å². The molecule has 96 valence electrons. The highest BCUT2D eigenvalue weighted by atomic mass is 35.5. The Morgan fingerprint density at radius 1 is 1.18 bits per heavy atom. The number of alkyl halides is 6. The fourth-order valence-corrected chi connectivity index (χ4v) is 1.29. The van der Waals surface area contributed by atoms with E-state index in [2.05, 4.69) is 11.6 Å². The topological polar surface area (TPSA) is 20.2 Å². The van der Waals surface area contributed by atoms with Gasteiger partial charge < -0.3 is 5.11 Å². The molecule has 0 aliphatic heterocycles. The highest BCUT2D eigenvalue weighted by Crippen LogP contribution is 2.31. The van der Waals surface area contributed by atoms with Gasteiger partial charge in [0.25, 0.3) is 0 Å². The molecule has 1 unspecified atom stereocenters. The first-order chi connectivity index (χ1) is 7.60. The first kappa shape index (κ1) is 14.2. The molecule has 1 N–H and O–H groups in total. The maximum atomic E-state index is 12.4. The van der Waals surface area contributed by atoms with E-state index in [9.17, 15) is 22.0 Å². The molecule has 0 aromatic heterocycles. The maximum Gasteiger partial charge on any atom is 0.416 e. The third-order valence-corrected chi connectivity index (χ3v) is 2.31. The van der Waals surface area contributed by atoms with Crippen molar-refractivity contribution in [2.24, 2.45) is 0 Å².